The Hall–Kier alpha value is -1.75. The van der Waals surface area contributed by atoms with E-state index in [1.54, 1.807) is 28.2 Å². The van der Waals surface area contributed by atoms with Crippen LogP contribution in [-0.4, -0.2) is 117 Å². The van der Waals surface area contributed by atoms with Gasteiger partial charge in [0.25, 0.3) is 0 Å². The van der Waals surface area contributed by atoms with Gasteiger partial charge in [0.15, 0.2) is 0 Å². The number of hydrogen-bond donors (Lipinski definition) is 4. The van der Waals surface area contributed by atoms with E-state index < -0.39 is 0 Å². The van der Waals surface area contributed by atoms with Crippen LogP contribution in [0.1, 0.15) is 1.43 Å². The first-order valence-corrected chi connectivity index (χ1v) is 7.53. The molecule has 1 aliphatic rings. The van der Waals surface area contributed by atoms with Gasteiger partial charge >= 0.3 is 0 Å². The standard InChI is InChI=1S/C6H10N2O2.C5H12N2O2.C3H9NO.H2/c1-7-3-6(10)8(2)4-5(7)9;1-7(2-3-8)5(9)4-6;1-4-2-3-5;/h3-4H2,1-2H3;8H,2-4,6H2,1H3;4-5H,2-3H2,1H3;1H. The fraction of sp³-hybridized carbons (Fsp3) is 0.786. The van der Waals surface area contributed by atoms with Crippen molar-refractivity contribution in [2.45, 2.75) is 0 Å². The number of carbonyl (C=O) groups is 3. The Labute approximate surface area is 144 Å². The average Bonchev–Trinajstić information content (AvgIpc) is 2.54. The quantitative estimate of drug-likeness (QED) is 0.408. The van der Waals surface area contributed by atoms with Gasteiger partial charge in [-0.3, -0.25) is 14.4 Å². The van der Waals surface area contributed by atoms with Gasteiger partial charge in [0.2, 0.25) is 17.7 Å². The summed E-state index contributed by atoms with van der Waals surface area (Å²) >= 11 is 0. The summed E-state index contributed by atoms with van der Waals surface area (Å²) in [6, 6.07) is 0. The monoisotopic (exact) mass is 351 g/mol. The van der Waals surface area contributed by atoms with Crippen molar-refractivity contribution in [3.8, 4) is 0 Å². The molecule has 10 nitrogen and oxygen atoms in total. The summed E-state index contributed by atoms with van der Waals surface area (Å²) in [6.07, 6.45) is 0. The molecule has 144 valence electrons. The molecular weight excluding hydrogens is 318 g/mol. The van der Waals surface area contributed by atoms with Crippen molar-refractivity contribution >= 4 is 17.7 Å². The molecule has 0 aromatic rings. The van der Waals surface area contributed by atoms with Crippen LogP contribution in [0.2, 0.25) is 0 Å². The highest BCUT2D eigenvalue weighted by Crippen LogP contribution is 1.98. The minimum atomic E-state index is -0.149. The summed E-state index contributed by atoms with van der Waals surface area (Å²) in [6.45, 7) is 1.72. The fourth-order valence-corrected chi connectivity index (χ4v) is 1.37. The molecule has 1 fully saturated rings. The lowest BCUT2D eigenvalue weighted by atomic mass is 10.3. The number of carbonyl (C=O) groups excluding carboxylic acids is 3. The first-order valence-electron chi connectivity index (χ1n) is 7.53. The third kappa shape index (κ3) is 11.8. The van der Waals surface area contributed by atoms with Crippen LogP contribution in [0.15, 0.2) is 0 Å². The molecule has 0 bridgehead atoms. The van der Waals surface area contributed by atoms with Gasteiger partial charge in [0, 0.05) is 35.7 Å². The molecule has 0 aromatic heterocycles. The summed E-state index contributed by atoms with van der Waals surface area (Å²) < 4.78 is 0. The number of likely N-dealkylation sites (N-methyl/N-ethyl adjacent to an activating group) is 4. The molecule has 0 aromatic carbocycles. The molecule has 5 N–H and O–H groups in total. The lowest BCUT2D eigenvalue weighted by Crippen LogP contribution is -2.50. The van der Waals surface area contributed by atoms with E-state index in [0.29, 0.717) is 13.1 Å². The number of nitrogens with zero attached hydrogens (tertiary/aromatic N) is 3. The number of aliphatic hydroxyl groups is 2. The van der Waals surface area contributed by atoms with E-state index in [9.17, 15) is 14.4 Å². The Morgan fingerprint density at radius 1 is 1.21 bits per heavy atom. The van der Waals surface area contributed by atoms with Crippen molar-refractivity contribution in [3.63, 3.8) is 0 Å². The second kappa shape index (κ2) is 14.8. The molecule has 0 atom stereocenters. The largest absolute Gasteiger partial charge is 0.395 e. The van der Waals surface area contributed by atoms with Crippen molar-refractivity contribution in [2.24, 2.45) is 5.73 Å². The van der Waals surface area contributed by atoms with Gasteiger partial charge < -0.3 is 36.0 Å². The second-order valence-corrected chi connectivity index (χ2v) is 5.07. The number of amides is 3. The Bertz CT molecular complexity index is 365. The number of aliphatic hydroxyl groups excluding tert-OH is 2. The molecule has 0 unspecified atom stereocenters. The van der Waals surface area contributed by atoms with Crippen LogP contribution in [0.25, 0.3) is 0 Å². The van der Waals surface area contributed by atoms with Crippen LogP contribution in [-0.2, 0) is 14.4 Å². The van der Waals surface area contributed by atoms with Gasteiger partial charge in [-0.1, -0.05) is 0 Å². The second-order valence-electron chi connectivity index (χ2n) is 5.07. The number of nitrogens with one attached hydrogen (secondary N) is 1. The van der Waals surface area contributed by atoms with Crippen molar-refractivity contribution in [1.29, 1.82) is 0 Å². The number of nitrogens with two attached hydrogens (primary N) is 1. The third-order valence-electron chi connectivity index (χ3n) is 2.99. The van der Waals surface area contributed by atoms with Gasteiger partial charge in [-0.05, 0) is 7.05 Å². The molecule has 1 saturated heterocycles. The minimum absolute atomic E-state index is 0. The van der Waals surface area contributed by atoms with Gasteiger partial charge in [0.1, 0.15) is 0 Å². The summed E-state index contributed by atoms with van der Waals surface area (Å²) in [7, 11) is 6.67. The Balaban J connectivity index is -0.000000301. The van der Waals surface area contributed by atoms with E-state index in [4.69, 9.17) is 15.9 Å². The minimum Gasteiger partial charge on any atom is -0.395 e. The van der Waals surface area contributed by atoms with Gasteiger partial charge in [0.05, 0.1) is 32.8 Å². The molecule has 0 spiro atoms. The fourth-order valence-electron chi connectivity index (χ4n) is 1.37. The zero-order valence-corrected chi connectivity index (χ0v) is 15.0. The maximum Gasteiger partial charge on any atom is 0.242 e. The Kier molecular flexibility index (Phi) is 15.1. The molecular formula is C14H33N5O5. The van der Waals surface area contributed by atoms with E-state index in [1.807, 2.05) is 0 Å². The first kappa shape index (κ1) is 24.5. The molecule has 1 aliphatic heterocycles. The SMILES string of the molecule is CN(CCO)C(=O)CN.CN1CC(=O)N(C)CC1=O.CNCCO.[HH]. The molecule has 1 rings (SSSR count). The van der Waals surface area contributed by atoms with E-state index in [-0.39, 0.29) is 52.0 Å². The van der Waals surface area contributed by atoms with Crippen LogP contribution < -0.4 is 11.1 Å². The van der Waals surface area contributed by atoms with Crippen molar-refractivity contribution in [2.75, 3.05) is 74.1 Å². The summed E-state index contributed by atoms with van der Waals surface area (Å²) in [4.78, 5) is 36.6. The van der Waals surface area contributed by atoms with E-state index in [0.717, 1.165) is 0 Å². The highest BCUT2D eigenvalue weighted by molar-refractivity contribution is 5.92. The number of rotatable bonds is 5. The zero-order chi connectivity index (χ0) is 19.1. The van der Waals surface area contributed by atoms with Crippen molar-refractivity contribution < 1.29 is 26.0 Å². The highest BCUT2D eigenvalue weighted by atomic mass is 16.3. The molecule has 10 heteroatoms. The first-order chi connectivity index (χ1) is 11.2. The van der Waals surface area contributed by atoms with Crippen molar-refractivity contribution in [1.82, 2.24) is 20.0 Å². The lowest BCUT2D eigenvalue weighted by Gasteiger charge is -2.28. The normalized spacial score (nSPS) is 13.6. The molecule has 3 amide bonds. The predicted octanol–water partition coefficient (Wildman–Crippen LogP) is -3.24. The van der Waals surface area contributed by atoms with Gasteiger partial charge in [-0.2, -0.15) is 0 Å². The Morgan fingerprint density at radius 2 is 1.67 bits per heavy atom. The van der Waals surface area contributed by atoms with E-state index in [2.05, 4.69) is 5.32 Å². The van der Waals surface area contributed by atoms with Crippen LogP contribution in [0.4, 0.5) is 0 Å². The van der Waals surface area contributed by atoms with E-state index in [1.165, 1.54) is 14.7 Å². The lowest BCUT2D eigenvalue weighted by molar-refractivity contribution is -0.147. The highest BCUT2D eigenvalue weighted by Gasteiger charge is 2.23. The molecule has 0 saturated carbocycles. The van der Waals surface area contributed by atoms with Crippen molar-refractivity contribution in [3.05, 3.63) is 0 Å². The Morgan fingerprint density at radius 3 is 1.92 bits per heavy atom. The van der Waals surface area contributed by atoms with Crippen LogP contribution in [0.5, 0.6) is 0 Å². The molecule has 1 heterocycles. The average molecular weight is 351 g/mol. The smallest absolute Gasteiger partial charge is 0.242 e. The predicted molar refractivity (Wildman–Crippen MR) is 92.2 cm³/mol. The zero-order valence-electron chi connectivity index (χ0n) is 15.0. The van der Waals surface area contributed by atoms with Gasteiger partial charge in [-0.25, -0.2) is 0 Å². The molecule has 0 radical (unpaired) electrons. The summed E-state index contributed by atoms with van der Waals surface area (Å²) in [5, 5.41) is 19.1. The van der Waals surface area contributed by atoms with Crippen LogP contribution in [0, 0.1) is 0 Å². The summed E-state index contributed by atoms with van der Waals surface area (Å²) in [5.74, 6) is -0.145. The third-order valence-corrected chi connectivity index (χ3v) is 2.99. The number of piperazine rings is 1. The number of hydrogen-bond acceptors (Lipinski definition) is 7. The summed E-state index contributed by atoms with van der Waals surface area (Å²) in [5.41, 5.74) is 5.03. The molecule has 0 aliphatic carbocycles. The topological polar surface area (TPSA) is 139 Å². The molecule has 24 heavy (non-hydrogen) atoms. The maximum absolute atomic E-state index is 10.9. The van der Waals surface area contributed by atoms with E-state index >= 15 is 0 Å². The van der Waals surface area contributed by atoms with Gasteiger partial charge in [-0.15, -0.1) is 0 Å². The maximum atomic E-state index is 10.9. The van der Waals surface area contributed by atoms with Crippen LogP contribution >= 0.6 is 0 Å². The van der Waals surface area contributed by atoms with Crippen LogP contribution in [0.3, 0.4) is 0 Å².